The molecule has 0 heterocycles. The van der Waals surface area contributed by atoms with Crippen molar-refractivity contribution in [3.05, 3.63) is 11.8 Å². The lowest BCUT2D eigenvalue weighted by Crippen LogP contribution is -2.22. The molecule has 0 spiro atoms. The Bertz CT molecular complexity index is 391. The Morgan fingerprint density at radius 3 is 2.65 bits per heavy atom. The van der Waals surface area contributed by atoms with Crippen LogP contribution in [-0.4, -0.2) is 25.0 Å². The van der Waals surface area contributed by atoms with E-state index in [9.17, 15) is 9.59 Å². The summed E-state index contributed by atoms with van der Waals surface area (Å²) >= 11 is 0. The molecule has 1 N–H and O–H groups in total. The largest absolute Gasteiger partial charge is 0.382 e. The van der Waals surface area contributed by atoms with Crippen LogP contribution >= 0.6 is 0 Å². The number of aldehydes is 1. The predicted molar refractivity (Wildman–Crippen MR) is 78.0 cm³/mol. The third kappa shape index (κ3) is 4.61. The molecule has 1 atom stereocenters. The molecule has 0 aromatic heterocycles. The van der Waals surface area contributed by atoms with E-state index in [1.807, 2.05) is 0 Å². The molecule has 110 valence electrons. The summed E-state index contributed by atoms with van der Waals surface area (Å²) in [6.07, 6.45) is 14.1. The number of isocyanates is 1. The monoisotopic (exact) mass is 276 g/mol. The number of nitrogens with zero attached hydrogens (tertiary/aromatic N) is 1. The summed E-state index contributed by atoms with van der Waals surface area (Å²) in [7, 11) is 0. The summed E-state index contributed by atoms with van der Waals surface area (Å²) in [6.45, 7) is 0.428. The van der Waals surface area contributed by atoms with E-state index in [4.69, 9.17) is 0 Å². The molecule has 1 saturated carbocycles. The zero-order valence-corrected chi connectivity index (χ0v) is 12.0. The first-order valence-electron chi connectivity index (χ1n) is 7.75. The average molecular weight is 276 g/mol. The third-order valence-electron chi connectivity index (χ3n) is 4.65. The molecule has 20 heavy (non-hydrogen) atoms. The minimum atomic E-state index is 0.231. The summed E-state index contributed by atoms with van der Waals surface area (Å²) in [4.78, 5) is 24.4. The Labute approximate surface area is 120 Å². The molecule has 2 rings (SSSR count). The second-order valence-corrected chi connectivity index (χ2v) is 6.05. The van der Waals surface area contributed by atoms with Crippen molar-refractivity contribution in [1.82, 2.24) is 5.32 Å². The number of hydrogen-bond donors (Lipinski definition) is 1. The molecule has 0 aliphatic heterocycles. The van der Waals surface area contributed by atoms with Crippen molar-refractivity contribution in [2.45, 2.75) is 57.4 Å². The Hall–Kier alpha value is -1.41. The molecule has 2 aliphatic carbocycles. The van der Waals surface area contributed by atoms with Crippen molar-refractivity contribution >= 4 is 12.4 Å². The van der Waals surface area contributed by atoms with Crippen molar-refractivity contribution in [2.24, 2.45) is 16.8 Å². The maximum atomic E-state index is 10.3. The topological polar surface area (TPSA) is 58.5 Å². The molecule has 0 aromatic carbocycles. The summed E-state index contributed by atoms with van der Waals surface area (Å²) < 4.78 is 0. The van der Waals surface area contributed by atoms with Gasteiger partial charge in [-0.3, -0.25) is 0 Å². The summed E-state index contributed by atoms with van der Waals surface area (Å²) in [6, 6.07) is 0.231. The second-order valence-electron chi connectivity index (χ2n) is 6.05. The molecular weight excluding hydrogens is 252 g/mol. The Morgan fingerprint density at radius 2 is 2.05 bits per heavy atom. The number of aliphatic imine (C=N–C) groups is 1. The van der Waals surface area contributed by atoms with Crippen molar-refractivity contribution in [3.63, 3.8) is 0 Å². The quantitative estimate of drug-likeness (QED) is 0.461. The van der Waals surface area contributed by atoms with Crippen molar-refractivity contribution < 1.29 is 9.59 Å². The summed E-state index contributed by atoms with van der Waals surface area (Å²) in [5.41, 5.74) is 1.23. The number of nitrogens with one attached hydrogen (secondary N) is 1. The number of hydrogen-bond acceptors (Lipinski definition) is 4. The number of carbonyl (C=O) groups excluding carboxylic acids is 2. The summed E-state index contributed by atoms with van der Waals surface area (Å²) in [5, 5.41) is 3.16. The van der Waals surface area contributed by atoms with E-state index in [2.05, 4.69) is 16.4 Å². The van der Waals surface area contributed by atoms with Crippen molar-refractivity contribution in [2.75, 3.05) is 6.54 Å². The lowest BCUT2D eigenvalue weighted by atomic mass is 9.77. The highest BCUT2D eigenvalue weighted by Gasteiger charge is 2.24. The lowest BCUT2D eigenvalue weighted by Gasteiger charge is -2.30. The Morgan fingerprint density at radius 1 is 1.25 bits per heavy atom. The van der Waals surface area contributed by atoms with Crippen LogP contribution in [-0.2, 0) is 9.59 Å². The van der Waals surface area contributed by atoms with Crippen LogP contribution in [0.5, 0.6) is 0 Å². The molecule has 0 radical (unpaired) electrons. The lowest BCUT2D eigenvalue weighted by molar-refractivity contribution is -0.107. The standard InChI is InChI=1S/C16H24N2O2/c19-10-9-17-15-5-1-13(2-6-15)11-14-3-7-16(8-4-14)18-12-20/h5,10,13-14,16-17H,1-4,6-9,11H2. The van der Waals surface area contributed by atoms with E-state index in [1.54, 1.807) is 6.08 Å². The van der Waals surface area contributed by atoms with Crippen LogP contribution in [0.3, 0.4) is 0 Å². The molecule has 0 amide bonds. The highest BCUT2D eigenvalue weighted by Crippen LogP contribution is 2.35. The van der Waals surface area contributed by atoms with Gasteiger partial charge >= 0.3 is 0 Å². The molecular formula is C16H24N2O2. The number of carbonyl (C=O) groups is 1. The van der Waals surface area contributed by atoms with Crippen LogP contribution in [0.2, 0.25) is 0 Å². The average Bonchev–Trinajstić information content (AvgIpc) is 2.49. The van der Waals surface area contributed by atoms with Crippen molar-refractivity contribution in [3.8, 4) is 0 Å². The van der Waals surface area contributed by atoms with Gasteiger partial charge in [0.05, 0.1) is 12.6 Å². The van der Waals surface area contributed by atoms with Crippen LogP contribution in [0.1, 0.15) is 51.4 Å². The first-order valence-corrected chi connectivity index (χ1v) is 7.75. The van der Waals surface area contributed by atoms with Gasteiger partial charge in [0.25, 0.3) is 0 Å². The molecule has 1 unspecified atom stereocenters. The van der Waals surface area contributed by atoms with Crippen LogP contribution in [0.15, 0.2) is 16.8 Å². The van der Waals surface area contributed by atoms with Gasteiger partial charge in [0.2, 0.25) is 6.08 Å². The van der Waals surface area contributed by atoms with Gasteiger partial charge in [-0.1, -0.05) is 6.08 Å². The molecule has 0 aromatic rings. The SMILES string of the molecule is O=C=NC1CCC(CC2CC=C(NCC=O)CC2)CC1. The van der Waals surface area contributed by atoms with E-state index in [0.29, 0.717) is 6.54 Å². The maximum absolute atomic E-state index is 10.3. The molecule has 2 aliphatic rings. The zero-order valence-electron chi connectivity index (χ0n) is 12.0. The van der Waals surface area contributed by atoms with E-state index < -0.39 is 0 Å². The first-order chi connectivity index (χ1) is 9.81. The zero-order chi connectivity index (χ0) is 14.2. The van der Waals surface area contributed by atoms with Gasteiger partial charge in [0.15, 0.2) is 0 Å². The molecule has 0 saturated heterocycles. The molecule has 1 fully saturated rings. The predicted octanol–water partition coefficient (Wildman–Crippen LogP) is 2.74. The highest BCUT2D eigenvalue weighted by molar-refractivity contribution is 5.52. The van der Waals surface area contributed by atoms with Gasteiger partial charge in [-0.25, -0.2) is 9.79 Å². The van der Waals surface area contributed by atoms with Gasteiger partial charge in [-0.2, -0.15) is 0 Å². The minimum Gasteiger partial charge on any atom is -0.382 e. The molecule has 0 bridgehead atoms. The minimum absolute atomic E-state index is 0.231. The fraction of sp³-hybridized carbons (Fsp3) is 0.750. The van der Waals surface area contributed by atoms with E-state index in [1.165, 1.54) is 31.4 Å². The second kappa shape index (κ2) is 8.01. The van der Waals surface area contributed by atoms with Gasteiger partial charge in [0, 0.05) is 5.70 Å². The van der Waals surface area contributed by atoms with Crippen LogP contribution in [0.25, 0.3) is 0 Å². The Balaban J connectivity index is 1.69. The first kappa shape index (κ1) is 15.0. The third-order valence-corrected chi connectivity index (χ3v) is 4.65. The summed E-state index contributed by atoms with van der Waals surface area (Å²) in [5.74, 6) is 1.59. The van der Waals surface area contributed by atoms with Gasteiger partial charge in [-0.05, 0) is 63.2 Å². The highest BCUT2D eigenvalue weighted by atomic mass is 16.1. The molecule has 4 heteroatoms. The van der Waals surface area contributed by atoms with Crippen molar-refractivity contribution in [1.29, 1.82) is 0 Å². The smallest absolute Gasteiger partial charge is 0.235 e. The van der Waals surface area contributed by atoms with Gasteiger partial charge < -0.3 is 10.1 Å². The fourth-order valence-corrected chi connectivity index (χ4v) is 3.49. The Kier molecular flexibility index (Phi) is 6.00. The maximum Gasteiger partial charge on any atom is 0.235 e. The number of rotatable bonds is 6. The van der Waals surface area contributed by atoms with E-state index >= 15 is 0 Å². The van der Waals surface area contributed by atoms with Gasteiger partial charge in [-0.15, -0.1) is 0 Å². The van der Waals surface area contributed by atoms with Crippen LogP contribution < -0.4 is 5.32 Å². The van der Waals surface area contributed by atoms with Gasteiger partial charge in [0.1, 0.15) is 6.29 Å². The van der Waals surface area contributed by atoms with Crippen LogP contribution in [0, 0.1) is 11.8 Å². The van der Waals surface area contributed by atoms with E-state index in [0.717, 1.165) is 43.8 Å². The molecule has 4 nitrogen and oxygen atoms in total. The van der Waals surface area contributed by atoms with E-state index in [-0.39, 0.29) is 6.04 Å². The number of allylic oxidation sites excluding steroid dienone is 2. The van der Waals surface area contributed by atoms with Crippen LogP contribution in [0.4, 0.5) is 0 Å². The fourth-order valence-electron chi connectivity index (χ4n) is 3.49. The normalized spacial score (nSPS) is 30.0.